The molecule has 0 aliphatic heterocycles. The molecule has 74 valence electrons. The molecule has 0 bridgehead atoms. The van der Waals surface area contributed by atoms with Crippen molar-refractivity contribution in [3.63, 3.8) is 0 Å². The van der Waals surface area contributed by atoms with E-state index in [4.69, 9.17) is 16.9 Å². The summed E-state index contributed by atoms with van der Waals surface area (Å²) >= 11 is 5.37. The second kappa shape index (κ2) is 4.29. The van der Waals surface area contributed by atoms with E-state index in [2.05, 4.69) is 4.98 Å². The van der Waals surface area contributed by atoms with E-state index in [0.717, 1.165) is 6.07 Å². The molecule has 0 spiro atoms. The molecule has 0 aliphatic carbocycles. The molecule has 14 heavy (non-hydrogen) atoms. The third-order valence-electron chi connectivity index (χ3n) is 1.59. The van der Waals surface area contributed by atoms with Gasteiger partial charge in [0.05, 0.1) is 17.5 Å². The Labute approximate surface area is 82.9 Å². The summed E-state index contributed by atoms with van der Waals surface area (Å²) in [5.74, 6) is -1.40. The zero-order chi connectivity index (χ0) is 10.7. The first-order valence-corrected chi connectivity index (χ1v) is 4.07. The molecule has 1 rings (SSSR count). The van der Waals surface area contributed by atoms with Crippen molar-refractivity contribution < 1.29 is 13.2 Å². The van der Waals surface area contributed by atoms with Crippen LogP contribution in [-0.2, 0) is 5.88 Å². The summed E-state index contributed by atoms with van der Waals surface area (Å²) in [6, 6.07) is 2.37. The summed E-state index contributed by atoms with van der Waals surface area (Å²) in [6.07, 6.45) is -2.94. The SMILES string of the molecule is N#Cc1cc(F)nc(C(F)F)c1CCl. The fraction of sp³-hybridized carbons (Fsp3) is 0.250. The average molecular weight is 221 g/mol. The standard InChI is InChI=1S/C8H4ClF3N2/c9-2-5-4(3-13)1-6(10)14-7(5)8(11)12/h1,8H,2H2. The Balaban J connectivity index is 3.41. The first-order valence-electron chi connectivity index (χ1n) is 3.53. The lowest BCUT2D eigenvalue weighted by atomic mass is 10.1. The zero-order valence-corrected chi connectivity index (χ0v) is 7.52. The number of nitriles is 1. The minimum atomic E-state index is -2.94. The highest BCUT2D eigenvalue weighted by atomic mass is 35.5. The van der Waals surface area contributed by atoms with Crippen LogP contribution in [0.25, 0.3) is 0 Å². The van der Waals surface area contributed by atoms with Crippen molar-refractivity contribution in [1.29, 1.82) is 5.26 Å². The van der Waals surface area contributed by atoms with Crippen LogP contribution < -0.4 is 0 Å². The van der Waals surface area contributed by atoms with Gasteiger partial charge in [-0.05, 0) is 0 Å². The third kappa shape index (κ3) is 1.96. The first kappa shape index (κ1) is 10.8. The normalized spacial score (nSPS) is 10.3. The van der Waals surface area contributed by atoms with Crippen molar-refractivity contribution in [3.05, 3.63) is 28.8 Å². The van der Waals surface area contributed by atoms with Crippen LogP contribution in [-0.4, -0.2) is 4.98 Å². The number of hydrogen-bond acceptors (Lipinski definition) is 2. The van der Waals surface area contributed by atoms with E-state index in [0.29, 0.717) is 0 Å². The van der Waals surface area contributed by atoms with E-state index in [1.807, 2.05) is 0 Å². The second-order valence-corrected chi connectivity index (χ2v) is 2.67. The van der Waals surface area contributed by atoms with Gasteiger partial charge in [-0.2, -0.15) is 9.65 Å². The minimum absolute atomic E-state index is 0.120. The van der Waals surface area contributed by atoms with Crippen LogP contribution in [0.4, 0.5) is 13.2 Å². The van der Waals surface area contributed by atoms with Gasteiger partial charge in [0.25, 0.3) is 6.43 Å². The van der Waals surface area contributed by atoms with Gasteiger partial charge in [-0.1, -0.05) is 0 Å². The molecule has 1 aromatic rings. The molecular formula is C8H4ClF3N2. The number of rotatable bonds is 2. The Kier molecular flexibility index (Phi) is 3.31. The molecule has 1 heterocycles. The summed E-state index contributed by atoms with van der Waals surface area (Å²) in [4.78, 5) is 3.00. The zero-order valence-electron chi connectivity index (χ0n) is 6.77. The highest BCUT2D eigenvalue weighted by molar-refractivity contribution is 6.17. The summed E-state index contributed by atoms with van der Waals surface area (Å²) < 4.78 is 37.3. The van der Waals surface area contributed by atoms with Crippen molar-refractivity contribution in [3.8, 4) is 6.07 Å². The molecule has 2 nitrogen and oxygen atoms in total. The smallest absolute Gasteiger partial charge is 0.218 e. The molecule has 0 saturated heterocycles. The Bertz CT molecular complexity index is 387. The second-order valence-electron chi connectivity index (χ2n) is 2.40. The third-order valence-corrected chi connectivity index (χ3v) is 1.85. The van der Waals surface area contributed by atoms with E-state index in [1.54, 1.807) is 6.07 Å². The summed E-state index contributed by atoms with van der Waals surface area (Å²) in [6.45, 7) is 0. The van der Waals surface area contributed by atoms with Gasteiger partial charge in [0, 0.05) is 11.6 Å². The molecule has 0 N–H and O–H groups in total. The van der Waals surface area contributed by atoms with Crippen LogP contribution in [0.2, 0.25) is 0 Å². The topological polar surface area (TPSA) is 36.7 Å². The van der Waals surface area contributed by atoms with Crippen molar-refractivity contribution in [2.45, 2.75) is 12.3 Å². The Morgan fingerprint density at radius 3 is 2.64 bits per heavy atom. The van der Waals surface area contributed by atoms with Gasteiger partial charge in [-0.25, -0.2) is 13.8 Å². The van der Waals surface area contributed by atoms with E-state index >= 15 is 0 Å². The van der Waals surface area contributed by atoms with Gasteiger partial charge in [0.15, 0.2) is 0 Å². The quantitative estimate of drug-likeness (QED) is 0.568. The van der Waals surface area contributed by atoms with Gasteiger partial charge in [-0.3, -0.25) is 0 Å². The van der Waals surface area contributed by atoms with Crippen LogP contribution in [0.15, 0.2) is 6.07 Å². The predicted octanol–water partition coefficient (Wildman–Crippen LogP) is 2.77. The van der Waals surface area contributed by atoms with Crippen LogP contribution >= 0.6 is 11.6 Å². The summed E-state index contributed by atoms with van der Waals surface area (Å²) in [7, 11) is 0. The van der Waals surface area contributed by atoms with Gasteiger partial charge >= 0.3 is 0 Å². The Morgan fingerprint density at radius 1 is 1.57 bits per heavy atom. The molecule has 0 unspecified atom stereocenters. The van der Waals surface area contributed by atoms with E-state index in [-0.39, 0.29) is 17.0 Å². The molecule has 0 aliphatic rings. The number of halogens is 4. The van der Waals surface area contributed by atoms with Crippen molar-refractivity contribution in [2.75, 3.05) is 0 Å². The lowest BCUT2D eigenvalue weighted by Gasteiger charge is -2.06. The van der Waals surface area contributed by atoms with Crippen LogP contribution in [0, 0.1) is 17.3 Å². The average Bonchev–Trinajstić information content (AvgIpc) is 2.16. The van der Waals surface area contributed by atoms with E-state index < -0.39 is 18.1 Å². The Morgan fingerprint density at radius 2 is 2.21 bits per heavy atom. The number of hydrogen-bond donors (Lipinski definition) is 0. The van der Waals surface area contributed by atoms with Crippen LogP contribution in [0.1, 0.15) is 23.2 Å². The van der Waals surface area contributed by atoms with Crippen molar-refractivity contribution in [1.82, 2.24) is 4.98 Å². The molecule has 0 atom stereocenters. The van der Waals surface area contributed by atoms with Crippen LogP contribution in [0.3, 0.4) is 0 Å². The molecule has 0 fully saturated rings. The van der Waals surface area contributed by atoms with Gasteiger partial charge < -0.3 is 0 Å². The maximum atomic E-state index is 12.7. The first-order chi connectivity index (χ1) is 6.60. The summed E-state index contributed by atoms with van der Waals surface area (Å²) in [5.41, 5.74) is -1.09. The highest BCUT2D eigenvalue weighted by Gasteiger charge is 2.19. The number of alkyl halides is 3. The lowest BCUT2D eigenvalue weighted by molar-refractivity contribution is 0.143. The predicted molar refractivity (Wildman–Crippen MR) is 43.4 cm³/mol. The number of nitrogens with zero attached hydrogens (tertiary/aromatic N) is 2. The molecule has 0 radical (unpaired) electrons. The molecule has 6 heteroatoms. The molecule has 1 aromatic heterocycles. The number of aromatic nitrogens is 1. The monoisotopic (exact) mass is 220 g/mol. The maximum absolute atomic E-state index is 12.7. The molecule has 0 saturated carbocycles. The van der Waals surface area contributed by atoms with Gasteiger partial charge in [-0.15, -0.1) is 11.6 Å². The molecule has 0 amide bonds. The van der Waals surface area contributed by atoms with E-state index in [1.165, 1.54) is 0 Å². The lowest BCUT2D eigenvalue weighted by Crippen LogP contribution is -2.02. The molecule has 0 aromatic carbocycles. The fourth-order valence-electron chi connectivity index (χ4n) is 0.980. The van der Waals surface area contributed by atoms with Gasteiger partial charge in [0.1, 0.15) is 5.69 Å². The van der Waals surface area contributed by atoms with Crippen molar-refractivity contribution >= 4 is 11.6 Å². The highest BCUT2D eigenvalue weighted by Crippen LogP contribution is 2.25. The van der Waals surface area contributed by atoms with E-state index in [9.17, 15) is 13.2 Å². The van der Waals surface area contributed by atoms with Crippen molar-refractivity contribution in [2.24, 2.45) is 0 Å². The fourth-order valence-corrected chi connectivity index (χ4v) is 1.26. The van der Waals surface area contributed by atoms with Crippen LogP contribution in [0.5, 0.6) is 0 Å². The number of pyridine rings is 1. The Hall–Kier alpha value is -1.28. The largest absolute Gasteiger partial charge is 0.280 e. The maximum Gasteiger partial charge on any atom is 0.280 e. The summed E-state index contributed by atoms with van der Waals surface area (Å²) in [5, 5.41) is 8.53. The van der Waals surface area contributed by atoms with Gasteiger partial charge in [0.2, 0.25) is 5.95 Å². The molecular weight excluding hydrogens is 217 g/mol. The minimum Gasteiger partial charge on any atom is -0.218 e.